The van der Waals surface area contributed by atoms with Crippen LogP contribution < -0.4 is 10.9 Å². The van der Waals surface area contributed by atoms with Crippen LogP contribution in [-0.2, 0) is 10.0 Å². The lowest BCUT2D eigenvalue weighted by Crippen LogP contribution is -2.14. The number of nitrogen functional groups attached to an aromatic ring is 1. The lowest BCUT2D eigenvalue weighted by molar-refractivity contribution is -0.385. The van der Waals surface area contributed by atoms with Crippen LogP contribution in [-0.4, -0.2) is 13.3 Å². The maximum Gasteiger partial charge on any atom is 0.272 e. The average Bonchev–Trinajstić information content (AvgIpc) is 2.06. The minimum absolute atomic E-state index is 0.228. The van der Waals surface area contributed by atoms with Crippen molar-refractivity contribution in [2.45, 2.75) is 4.90 Å². The van der Waals surface area contributed by atoms with Crippen molar-refractivity contribution >= 4 is 33.0 Å². The molecule has 4 N–H and O–H groups in total. The molecular weight excluding hydrogens is 246 g/mol. The summed E-state index contributed by atoms with van der Waals surface area (Å²) >= 11 is 5.52. The number of nitro groups is 1. The molecule has 1 rings (SSSR count). The first-order valence-electron chi connectivity index (χ1n) is 3.49. The van der Waals surface area contributed by atoms with E-state index in [4.69, 9.17) is 22.5 Å². The largest absolute Gasteiger partial charge is 0.396 e. The zero-order chi connectivity index (χ0) is 11.8. The lowest BCUT2D eigenvalue weighted by atomic mass is 10.3. The number of hydrogen-bond acceptors (Lipinski definition) is 5. The summed E-state index contributed by atoms with van der Waals surface area (Å²) in [6, 6.07) is 1.71. The number of rotatable bonds is 2. The van der Waals surface area contributed by atoms with Gasteiger partial charge in [-0.1, -0.05) is 11.6 Å². The third kappa shape index (κ3) is 2.35. The molecule has 0 fully saturated rings. The van der Waals surface area contributed by atoms with Crippen LogP contribution in [0.2, 0.25) is 5.02 Å². The second-order valence-corrected chi connectivity index (χ2v) is 4.58. The van der Waals surface area contributed by atoms with Crippen molar-refractivity contribution < 1.29 is 13.3 Å². The van der Waals surface area contributed by atoms with Gasteiger partial charge >= 0.3 is 0 Å². The van der Waals surface area contributed by atoms with Crippen LogP contribution in [0.15, 0.2) is 17.0 Å². The highest BCUT2D eigenvalue weighted by molar-refractivity contribution is 7.89. The molecule has 0 bridgehead atoms. The predicted molar refractivity (Wildman–Crippen MR) is 53.9 cm³/mol. The molecule has 0 amide bonds. The maximum absolute atomic E-state index is 11.0. The molecule has 0 aliphatic carbocycles. The van der Waals surface area contributed by atoms with Crippen molar-refractivity contribution in [1.82, 2.24) is 0 Å². The molecule has 0 atom stereocenters. The number of nitro benzene ring substituents is 1. The van der Waals surface area contributed by atoms with E-state index >= 15 is 0 Å². The minimum atomic E-state index is -4.13. The first-order chi connectivity index (χ1) is 6.73. The molecule has 1 aromatic carbocycles. The van der Waals surface area contributed by atoms with E-state index in [-0.39, 0.29) is 10.7 Å². The van der Waals surface area contributed by atoms with Gasteiger partial charge < -0.3 is 5.73 Å². The van der Waals surface area contributed by atoms with Crippen molar-refractivity contribution in [3.63, 3.8) is 0 Å². The van der Waals surface area contributed by atoms with Crippen molar-refractivity contribution in [3.05, 3.63) is 27.3 Å². The van der Waals surface area contributed by atoms with Crippen LogP contribution in [0.25, 0.3) is 0 Å². The van der Waals surface area contributed by atoms with Crippen LogP contribution in [0.4, 0.5) is 11.4 Å². The van der Waals surface area contributed by atoms with E-state index in [1.807, 2.05) is 0 Å². The number of halogens is 1. The number of benzene rings is 1. The second kappa shape index (κ2) is 3.65. The molecule has 0 radical (unpaired) electrons. The van der Waals surface area contributed by atoms with Crippen LogP contribution in [0, 0.1) is 10.1 Å². The van der Waals surface area contributed by atoms with Crippen molar-refractivity contribution in [2.24, 2.45) is 5.14 Å². The Morgan fingerprint density at radius 3 is 2.33 bits per heavy atom. The van der Waals surface area contributed by atoms with E-state index in [1.165, 1.54) is 0 Å². The molecule has 7 nitrogen and oxygen atoms in total. The SMILES string of the molecule is Nc1c(Cl)cc([N+](=O)[O-])cc1S(N)(=O)=O. The molecule has 0 heterocycles. The second-order valence-electron chi connectivity index (χ2n) is 2.64. The summed E-state index contributed by atoms with van der Waals surface area (Å²) in [6.07, 6.45) is 0. The Morgan fingerprint density at radius 2 is 1.93 bits per heavy atom. The Bertz CT molecular complexity index is 527. The van der Waals surface area contributed by atoms with Crippen molar-refractivity contribution in [1.29, 1.82) is 0 Å². The zero-order valence-corrected chi connectivity index (χ0v) is 8.75. The van der Waals surface area contributed by atoms with Crippen LogP contribution in [0.3, 0.4) is 0 Å². The van der Waals surface area contributed by atoms with E-state index in [2.05, 4.69) is 0 Å². The fourth-order valence-corrected chi connectivity index (χ4v) is 1.89. The Hall–Kier alpha value is -1.38. The quantitative estimate of drug-likeness (QED) is 0.448. The summed E-state index contributed by atoms with van der Waals surface area (Å²) in [7, 11) is -4.13. The van der Waals surface area contributed by atoms with Gasteiger partial charge in [-0.2, -0.15) is 0 Å². The van der Waals surface area contributed by atoms with Crippen molar-refractivity contribution in [2.75, 3.05) is 5.73 Å². The molecule has 0 aromatic heterocycles. The molecule has 0 aliphatic rings. The highest BCUT2D eigenvalue weighted by atomic mass is 35.5. The van der Waals surface area contributed by atoms with Gasteiger partial charge in [-0.05, 0) is 0 Å². The number of nitrogens with zero attached hydrogens (tertiary/aromatic N) is 1. The fourth-order valence-electron chi connectivity index (χ4n) is 0.920. The van der Waals surface area contributed by atoms with Gasteiger partial charge in [-0.3, -0.25) is 10.1 Å². The molecule has 0 saturated carbocycles. The van der Waals surface area contributed by atoms with Crippen LogP contribution in [0.5, 0.6) is 0 Å². The Morgan fingerprint density at radius 1 is 1.40 bits per heavy atom. The number of sulfonamides is 1. The number of primary sulfonamides is 1. The smallest absolute Gasteiger partial charge is 0.272 e. The maximum atomic E-state index is 11.0. The molecule has 1 aromatic rings. The first-order valence-corrected chi connectivity index (χ1v) is 5.42. The highest BCUT2D eigenvalue weighted by Crippen LogP contribution is 2.30. The standard InChI is InChI=1S/C6H6ClN3O4S/c7-4-1-3(10(11)12)2-5(6(4)8)15(9,13)14/h1-2H,8H2,(H2,9,13,14). The van der Waals surface area contributed by atoms with E-state index in [0.29, 0.717) is 0 Å². The van der Waals surface area contributed by atoms with Gasteiger partial charge in [-0.15, -0.1) is 0 Å². The molecule has 0 unspecified atom stereocenters. The Labute approximate surface area is 89.8 Å². The monoisotopic (exact) mass is 251 g/mol. The third-order valence-corrected chi connectivity index (χ3v) is 2.86. The highest BCUT2D eigenvalue weighted by Gasteiger charge is 2.20. The average molecular weight is 252 g/mol. The zero-order valence-electron chi connectivity index (χ0n) is 7.18. The molecule has 0 saturated heterocycles. The van der Waals surface area contributed by atoms with Crippen LogP contribution in [0.1, 0.15) is 0 Å². The topological polar surface area (TPSA) is 129 Å². The summed E-state index contributed by atoms with van der Waals surface area (Å²) < 4.78 is 22.0. The molecular formula is C6H6ClN3O4S. The van der Waals surface area contributed by atoms with Crippen LogP contribution >= 0.6 is 11.6 Å². The fraction of sp³-hybridized carbons (Fsp3) is 0. The van der Waals surface area contributed by atoms with E-state index < -0.39 is 25.5 Å². The van der Waals surface area contributed by atoms with Gasteiger partial charge in [0.1, 0.15) is 4.90 Å². The number of non-ortho nitro benzene ring substituents is 1. The summed E-state index contributed by atoms with van der Waals surface area (Å²) in [5, 5.41) is 15.0. The summed E-state index contributed by atoms with van der Waals surface area (Å²) in [5.41, 5.74) is 4.54. The molecule has 0 spiro atoms. The van der Waals surface area contributed by atoms with Gasteiger partial charge in [0.05, 0.1) is 15.6 Å². The summed E-state index contributed by atoms with van der Waals surface area (Å²) in [5.74, 6) is 0. The predicted octanol–water partition coefficient (Wildman–Crippen LogP) is 0.478. The van der Waals surface area contributed by atoms with Gasteiger partial charge in [-0.25, -0.2) is 13.6 Å². The number of hydrogen-bond donors (Lipinski definition) is 2. The van der Waals surface area contributed by atoms with E-state index in [1.54, 1.807) is 0 Å². The lowest BCUT2D eigenvalue weighted by Gasteiger charge is -2.04. The number of anilines is 1. The molecule has 9 heteroatoms. The summed E-state index contributed by atoms with van der Waals surface area (Å²) in [6.45, 7) is 0. The van der Waals surface area contributed by atoms with E-state index in [9.17, 15) is 18.5 Å². The molecule has 0 aliphatic heterocycles. The Kier molecular flexibility index (Phi) is 2.84. The summed E-state index contributed by atoms with van der Waals surface area (Å²) in [4.78, 5) is 9.07. The van der Waals surface area contributed by atoms with Crippen molar-refractivity contribution in [3.8, 4) is 0 Å². The third-order valence-electron chi connectivity index (χ3n) is 1.59. The number of nitrogens with two attached hydrogens (primary N) is 2. The van der Waals surface area contributed by atoms with Gasteiger partial charge in [0.2, 0.25) is 10.0 Å². The van der Waals surface area contributed by atoms with E-state index in [0.717, 1.165) is 12.1 Å². The Balaban J connectivity index is 3.59. The molecule has 82 valence electrons. The van der Waals surface area contributed by atoms with Gasteiger partial charge in [0, 0.05) is 12.1 Å². The van der Waals surface area contributed by atoms with Gasteiger partial charge in [0.25, 0.3) is 5.69 Å². The first kappa shape index (κ1) is 11.7. The molecule has 15 heavy (non-hydrogen) atoms. The minimum Gasteiger partial charge on any atom is -0.396 e. The van der Waals surface area contributed by atoms with Gasteiger partial charge in [0.15, 0.2) is 0 Å². The normalized spacial score (nSPS) is 11.3.